The molecule has 0 saturated carbocycles. The van der Waals surface area contributed by atoms with Gasteiger partial charge in [-0.1, -0.05) is 13.3 Å². The van der Waals surface area contributed by atoms with Crippen molar-refractivity contribution in [3.63, 3.8) is 0 Å². The molecule has 5 nitrogen and oxygen atoms in total. The van der Waals surface area contributed by atoms with Crippen molar-refractivity contribution in [2.75, 3.05) is 45.9 Å². The molecule has 1 rings (SSSR count). The van der Waals surface area contributed by atoms with Gasteiger partial charge in [0, 0.05) is 32.6 Å². The number of nitrogens with two attached hydrogens (primary N) is 1. The number of morpholine rings is 1. The number of nitrogens with zero attached hydrogens (tertiary/aromatic N) is 1. The van der Waals surface area contributed by atoms with Gasteiger partial charge in [-0.25, -0.2) is 0 Å². The highest BCUT2D eigenvalue weighted by Gasteiger charge is 2.12. The van der Waals surface area contributed by atoms with Crippen LogP contribution in [0.25, 0.3) is 0 Å². The van der Waals surface area contributed by atoms with Crippen LogP contribution in [-0.4, -0.2) is 56.7 Å². The molecule has 1 amide bonds. The number of carbonyl (C=O) groups is 1. The van der Waals surface area contributed by atoms with Crippen molar-refractivity contribution in [3.05, 3.63) is 0 Å². The van der Waals surface area contributed by atoms with E-state index in [4.69, 9.17) is 10.5 Å². The Kier molecular flexibility index (Phi) is 7.16. The maximum atomic E-state index is 11.6. The van der Waals surface area contributed by atoms with E-state index in [1.165, 1.54) is 0 Å². The molecule has 1 aliphatic rings. The molecule has 5 heteroatoms. The summed E-state index contributed by atoms with van der Waals surface area (Å²) in [5.74, 6) is 0.439. The molecule has 0 bridgehead atoms. The van der Waals surface area contributed by atoms with Crippen molar-refractivity contribution >= 4 is 5.91 Å². The minimum Gasteiger partial charge on any atom is -0.379 e. The average molecular weight is 243 g/mol. The van der Waals surface area contributed by atoms with Crippen LogP contribution in [0.3, 0.4) is 0 Å². The lowest BCUT2D eigenvalue weighted by Gasteiger charge is -2.26. The van der Waals surface area contributed by atoms with E-state index in [2.05, 4.69) is 17.1 Å². The average Bonchev–Trinajstić information content (AvgIpc) is 2.37. The van der Waals surface area contributed by atoms with Crippen LogP contribution >= 0.6 is 0 Å². The van der Waals surface area contributed by atoms with Crippen molar-refractivity contribution in [2.24, 2.45) is 11.7 Å². The summed E-state index contributed by atoms with van der Waals surface area (Å²) in [7, 11) is 0. The van der Waals surface area contributed by atoms with Crippen LogP contribution in [0.4, 0.5) is 0 Å². The van der Waals surface area contributed by atoms with Gasteiger partial charge in [-0.3, -0.25) is 9.69 Å². The second-order valence-electron chi connectivity index (χ2n) is 4.52. The molecule has 3 N–H and O–H groups in total. The minimum atomic E-state index is 0.121. The SMILES string of the molecule is CCC(CN)CC(=O)NCCN1CCOCC1. The number of ether oxygens (including phenoxy) is 1. The van der Waals surface area contributed by atoms with Gasteiger partial charge in [0.25, 0.3) is 0 Å². The van der Waals surface area contributed by atoms with Gasteiger partial charge < -0.3 is 15.8 Å². The molecule has 0 aromatic carbocycles. The molecule has 0 aromatic heterocycles. The van der Waals surface area contributed by atoms with Crippen LogP contribution < -0.4 is 11.1 Å². The third-order valence-corrected chi connectivity index (χ3v) is 3.24. The van der Waals surface area contributed by atoms with E-state index >= 15 is 0 Å². The fourth-order valence-corrected chi connectivity index (χ4v) is 1.91. The predicted octanol–water partition coefficient (Wildman–Crippen LogP) is -0.190. The zero-order valence-corrected chi connectivity index (χ0v) is 10.8. The lowest BCUT2D eigenvalue weighted by molar-refractivity contribution is -0.122. The molecule has 1 fully saturated rings. The number of nitrogens with one attached hydrogen (secondary N) is 1. The van der Waals surface area contributed by atoms with Gasteiger partial charge in [0.05, 0.1) is 13.2 Å². The first kappa shape index (κ1) is 14.4. The van der Waals surface area contributed by atoms with Gasteiger partial charge in [-0.15, -0.1) is 0 Å². The number of amides is 1. The van der Waals surface area contributed by atoms with Crippen LogP contribution in [-0.2, 0) is 9.53 Å². The second-order valence-corrected chi connectivity index (χ2v) is 4.52. The van der Waals surface area contributed by atoms with Crippen molar-refractivity contribution in [3.8, 4) is 0 Å². The van der Waals surface area contributed by atoms with Crippen LogP contribution in [0.1, 0.15) is 19.8 Å². The van der Waals surface area contributed by atoms with E-state index in [0.29, 0.717) is 18.9 Å². The lowest BCUT2D eigenvalue weighted by atomic mass is 10.0. The first-order valence-electron chi connectivity index (χ1n) is 6.53. The van der Waals surface area contributed by atoms with E-state index in [9.17, 15) is 4.79 Å². The summed E-state index contributed by atoms with van der Waals surface area (Å²) < 4.78 is 5.27. The second kappa shape index (κ2) is 8.44. The molecule has 0 aliphatic carbocycles. The highest BCUT2D eigenvalue weighted by atomic mass is 16.5. The summed E-state index contributed by atoms with van der Waals surface area (Å²) in [6.45, 7) is 7.84. The molecule has 17 heavy (non-hydrogen) atoms. The molecule has 0 radical (unpaired) electrons. The minimum absolute atomic E-state index is 0.121. The third kappa shape index (κ3) is 6.00. The van der Waals surface area contributed by atoms with E-state index in [1.54, 1.807) is 0 Å². The Hall–Kier alpha value is -0.650. The molecule has 0 aromatic rings. The van der Waals surface area contributed by atoms with Gasteiger partial charge in [0.1, 0.15) is 0 Å². The van der Waals surface area contributed by atoms with Crippen LogP contribution in [0.5, 0.6) is 0 Å². The Balaban J connectivity index is 2.06. The highest BCUT2D eigenvalue weighted by Crippen LogP contribution is 2.05. The fraction of sp³-hybridized carbons (Fsp3) is 0.917. The van der Waals surface area contributed by atoms with Crippen LogP contribution in [0.15, 0.2) is 0 Å². The summed E-state index contributed by atoms with van der Waals surface area (Å²) >= 11 is 0. The maximum absolute atomic E-state index is 11.6. The largest absolute Gasteiger partial charge is 0.379 e. The Labute approximate surface area is 104 Å². The van der Waals surface area contributed by atoms with Crippen molar-refractivity contribution in [2.45, 2.75) is 19.8 Å². The molecule has 1 heterocycles. The molecule has 1 aliphatic heterocycles. The molecule has 0 spiro atoms. The maximum Gasteiger partial charge on any atom is 0.220 e. The zero-order chi connectivity index (χ0) is 12.5. The number of rotatable bonds is 7. The highest BCUT2D eigenvalue weighted by molar-refractivity contribution is 5.76. The topological polar surface area (TPSA) is 67.6 Å². The Bertz CT molecular complexity index is 214. The zero-order valence-electron chi connectivity index (χ0n) is 10.8. The first-order chi connectivity index (χ1) is 8.26. The quantitative estimate of drug-likeness (QED) is 0.650. The summed E-state index contributed by atoms with van der Waals surface area (Å²) in [4.78, 5) is 13.9. The van der Waals surface area contributed by atoms with Gasteiger partial charge in [-0.2, -0.15) is 0 Å². The van der Waals surface area contributed by atoms with Crippen molar-refractivity contribution < 1.29 is 9.53 Å². The van der Waals surface area contributed by atoms with E-state index < -0.39 is 0 Å². The Morgan fingerprint density at radius 2 is 2.18 bits per heavy atom. The summed E-state index contributed by atoms with van der Waals surface area (Å²) in [6.07, 6.45) is 1.52. The van der Waals surface area contributed by atoms with Gasteiger partial charge >= 0.3 is 0 Å². The van der Waals surface area contributed by atoms with Gasteiger partial charge in [0.2, 0.25) is 5.91 Å². The van der Waals surface area contributed by atoms with Crippen molar-refractivity contribution in [1.29, 1.82) is 0 Å². The lowest BCUT2D eigenvalue weighted by Crippen LogP contribution is -2.41. The van der Waals surface area contributed by atoms with Gasteiger partial charge in [0.15, 0.2) is 0 Å². The molecule has 1 atom stereocenters. The normalized spacial score (nSPS) is 18.9. The summed E-state index contributed by atoms with van der Waals surface area (Å²) in [5, 5.41) is 2.95. The van der Waals surface area contributed by atoms with Crippen molar-refractivity contribution in [1.82, 2.24) is 10.2 Å². The molecular formula is C12H25N3O2. The summed E-state index contributed by atoms with van der Waals surface area (Å²) in [6, 6.07) is 0. The van der Waals surface area contributed by atoms with Gasteiger partial charge in [-0.05, 0) is 12.5 Å². The molecule has 1 unspecified atom stereocenters. The Morgan fingerprint density at radius 3 is 2.76 bits per heavy atom. The third-order valence-electron chi connectivity index (χ3n) is 3.24. The molecule has 1 saturated heterocycles. The fourth-order valence-electron chi connectivity index (χ4n) is 1.91. The predicted molar refractivity (Wildman–Crippen MR) is 67.7 cm³/mol. The Morgan fingerprint density at radius 1 is 1.47 bits per heavy atom. The van der Waals surface area contributed by atoms with Crippen LogP contribution in [0, 0.1) is 5.92 Å². The van der Waals surface area contributed by atoms with E-state index in [1.807, 2.05) is 0 Å². The van der Waals surface area contributed by atoms with E-state index in [-0.39, 0.29) is 5.91 Å². The van der Waals surface area contributed by atoms with Crippen LogP contribution in [0.2, 0.25) is 0 Å². The number of hydrogen-bond acceptors (Lipinski definition) is 4. The first-order valence-corrected chi connectivity index (χ1v) is 6.53. The smallest absolute Gasteiger partial charge is 0.220 e. The number of hydrogen-bond donors (Lipinski definition) is 2. The summed E-state index contributed by atoms with van der Waals surface area (Å²) in [5.41, 5.74) is 5.58. The monoisotopic (exact) mass is 243 g/mol. The standard InChI is InChI=1S/C12H25N3O2/c1-2-11(10-13)9-12(16)14-3-4-15-5-7-17-8-6-15/h11H,2-10,13H2,1H3,(H,14,16). The van der Waals surface area contributed by atoms with E-state index in [0.717, 1.165) is 45.8 Å². The molecular weight excluding hydrogens is 218 g/mol. The molecule has 100 valence electrons. The number of carbonyl (C=O) groups excluding carboxylic acids is 1.